The molecular weight excluding hydrogens is 534 g/mol. The number of aromatic amines is 1. The quantitative estimate of drug-likeness (QED) is 0.365. The summed E-state index contributed by atoms with van der Waals surface area (Å²) in [6.45, 7) is 5.43. The van der Waals surface area contributed by atoms with Crippen LogP contribution >= 0.6 is 0 Å². The van der Waals surface area contributed by atoms with Gasteiger partial charge in [0.2, 0.25) is 16.8 Å². The van der Waals surface area contributed by atoms with Crippen molar-refractivity contribution in [2.75, 3.05) is 33.0 Å². The lowest BCUT2D eigenvalue weighted by atomic mass is 10.1. The van der Waals surface area contributed by atoms with Gasteiger partial charge in [-0.3, -0.25) is 18.8 Å². The van der Waals surface area contributed by atoms with Crippen molar-refractivity contribution in [3.8, 4) is 22.8 Å². The molecule has 12 heteroatoms. The Labute approximate surface area is 231 Å². The second-order valence-electron chi connectivity index (χ2n) is 10.1. The van der Waals surface area contributed by atoms with Crippen LogP contribution in [-0.2, 0) is 30.2 Å². The molecule has 0 aliphatic carbocycles. The fourth-order valence-electron chi connectivity index (χ4n) is 5.33. The van der Waals surface area contributed by atoms with E-state index in [1.807, 2.05) is 25.1 Å². The standard InChI is InChI=1S/C28H31N5O6S/c1-3-10-33-23-16-22(29-26(23)27(34)30(2)28(33)35)20-5-7-21(8-6-20)40(36,37)32-13-11-31(12-14-32)17-19-4-9-24-25(15-19)39-18-38-24/h4-9,15-16,29H,3,10-14,17-18H2,1-2H3. The van der Waals surface area contributed by atoms with E-state index in [2.05, 4.69) is 9.88 Å². The second-order valence-corrected chi connectivity index (χ2v) is 12.1. The number of piperazine rings is 1. The van der Waals surface area contributed by atoms with Gasteiger partial charge in [-0.05, 0) is 47.9 Å². The maximum Gasteiger partial charge on any atom is 0.331 e. The topological polar surface area (TPSA) is 119 Å². The van der Waals surface area contributed by atoms with Crippen LogP contribution in [0.25, 0.3) is 22.3 Å². The molecule has 1 saturated heterocycles. The van der Waals surface area contributed by atoms with Gasteiger partial charge in [-0.25, -0.2) is 13.2 Å². The number of sulfonamides is 1. The summed E-state index contributed by atoms with van der Waals surface area (Å²) in [5, 5.41) is 0. The molecule has 40 heavy (non-hydrogen) atoms. The number of rotatable bonds is 7. The molecule has 11 nitrogen and oxygen atoms in total. The van der Waals surface area contributed by atoms with Crippen molar-refractivity contribution >= 4 is 21.1 Å². The number of hydrogen-bond donors (Lipinski definition) is 1. The van der Waals surface area contributed by atoms with Crippen LogP contribution in [0.3, 0.4) is 0 Å². The van der Waals surface area contributed by atoms with Gasteiger partial charge in [0, 0.05) is 52.0 Å². The van der Waals surface area contributed by atoms with Gasteiger partial charge >= 0.3 is 5.69 Å². The summed E-state index contributed by atoms with van der Waals surface area (Å²) in [6, 6.07) is 14.3. The third-order valence-electron chi connectivity index (χ3n) is 7.55. The summed E-state index contributed by atoms with van der Waals surface area (Å²) >= 11 is 0. The molecule has 2 aliphatic heterocycles. The van der Waals surface area contributed by atoms with Gasteiger partial charge in [0.15, 0.2) is 11.5 Å². The predicted octanol–water partition coefficient (Wildman–Crippen LogP) is 2.34. The highest BCUT2D eigenvalue weighted by atomic mass is 32.2. The SMILES string of the molecule is CCCn1c(=O)n(C)c(=O)c2[nH]c(-c3ccc(S(=O)(=O)N4CCN(Cc5ccc6c(c5)OCO6)CC4)cc3)cc21. The van der Waals surface area contributed by atoms with Gasteiger partial charge in [0.25, 0.3) is 5.56 Å². The number of hydrogen-bond acceptors (Lipinski definition) is 7. The highest BCUT2D eigenvalue weighted by Gasteiger charge is 2.29. The number of aromatic nitrogens is 3. The highest BCUT2D eigenvalue weighted by Crippen LogP contribution is 2.33. The highest BCUT2D eigenvalue weighted by molar-refractivity contribution is 7.89. The smallest absolute Gasteiger partial charge is 0.331 e. The van der Waals surface area contributed by atoms with Crippen molar-refractivity contribution in [3.05, 3.63) is 74.9 Å². The molecule has 0 unspecified atom stereocenters. The predicted molar refractivity (Wildman–Crippen MR) is 150 cm³/mol. The first-order chi connectivity index (χ1) is 19.3. The van der Waals surface area contributed by atoms with Crippen molar-refractivity contribution in [2.24, 2.45) is 7.05 Å². The lowest BCUT2D eigenvalue weighted by molar-refractivity contribution is 0.173. The van der Waals surface area contributed by atoms with E-state index in [1.165, 1.54) is 11.4 Å². The zero-order valence-electron chi connectivity index (χ0n) is 22.4. The molecule has 4 heterocycles. The summed E-state index contributed by atoms with van der Waals surface area (Å²) in [6.07, 6.45) is 0.743. The minimum absolute atomic E-state index is 0.218. The first-order valence-electron chi connectivity index (χ1n) is 13.3. The van der Waals surface area contributed by atoms with Crippen LogP contribution < -0.4 is 20.7 Å². The van der Waals surface area contributed by atoms with Crippen LogP contribution in [0.5, 0.6) is 11.5 Å². The van der Waals surface area contributed by atoms with Gasteiger partial charge in [-0.15, -0.1) is 0 Å². The van der Waals surface area contributed by atoms with Crippen molar-refractivity contribution in [1.29, 1.82) is 0 Å². The molecule has 2 aromatic heterocycles. The Morgan fingerprint density at radius 1 is 0.925 bits per heavy atom. The van der Waals surface area contributed by atoms with Gasteiger partial charge < -0.3 is 14.5 Å². The molecule has 6 rings (SSSR count). The Hall–Kier alpha value is -3.87. The van der Waals surface area contributed by atoms with Crippen molar-refractivity contribution in [3.63, 3.8) is 0 Å². The van der Waals surface area contributed by atoms with E-state index in [1.54, 1.807) is 34.9 Å². The molecular formula is C28H31N5O6S. The molecule has 0 bridgehead atoms. The molecule has 210 valence electrons. The van der Waals surface area contributed by atoms with Gasteiger partial charge in [0.1, 0.15) is 5.52 Å². The van der Waals surface area contributed by atoms with Crippen LogP contribution in [-0.4, -0.2) is 64.7 Å². The minimum atomic E-state index is -3.66. The van der Waals surface area contributed by atoms with E-state index in [-0.39, 0.29) is 17.4 Å². The van der Waals surface area contributed by atoms with E-state index < -0.39 is 15.6 Å². The first kappa shape index (κ1) is 26.4. The van der Waals surface area contributed by atoms with Crippen LogP contribution in [0.15, 0.2) is 63.0 Å². The Kier molecular flexibility index (Phi) is 6.77. The summed E-state index contributed by atoms with van der Waals surface area (Å²) in [7, 11) is -2.19. The van der Waals surface area contributed by atoms with E-state index in [4.69, 9.17) is 9.47 Å². The molecule has 0 amide bonds. The van der Waals surface area contributed by atoms with Crippen LogP contribution in [0, 0.1) is 0 Å². The number of nitrogens with zero attached hydrogens (tertiary/aromatic N) is 4. The zero-order valence-corrected chi connectivity index (χ0v) is 23.2. The first-order valence-corrected chi connectivity index (χ1v) is 14.7. The number of aryl methyl sites for hydroxylation is 1. The second kappa shape index (κ2) is 10.3. The van der Waals surface area contributed by atoms with Crippen LogP contribution in [0.4, 0.5) is 0 Å². The molecule has 0 saturated carbocycles. The number of H-pyrrole nitrogens is 1. The lowest BCUT2D eigenvalue weighted by Crippen LogP contribution is -2.48. The molecule has 2 aromatic carbocycles. The summed E-state index contributed by atoms with van der Waals surface area (Å²) < 4.78 is 41.8. The third kappa shape index (κ3) is 4.61. The van der Waals surface area contributed by atoms with Crippen molar-refractivity contribution in [1.82, 2.24) is 23.3 Å². The Morgan fingerprint density at radius 3 is 2.38 bits per heavy atom. The molecule has 0 atom stereocenters. The summed E-state index contributed by atoms with van der Waals surface area (Å²) in [5.74, 6) is 1.49. The van der Waals surface area contributed by atoms with E-state index in [0.29, 0.717) is 56.0 Å². The Bertz CT molecular complexity index is 1800. The molecule has 0 radical (unpaired) electrons. The normalized spacial score (nSPS) is 16.1. The van der Waals surface area contributed by atoms with Gasteiger partial charge in [0.05, 0.1) is 10.4 Å². The third-order valence-corrected chi connectivity index (χ3v) is 9.46. The van der Waals surface area contributed by atoms with Gasteiger partial charge in [-0.2, -0.15) is 4.31 Å². The number of ether oxygens (including phenoxy) is 2. The monoisotopic (exact) mass is 565 g/mol. The average Bonchev–Trinajstić information content (AvgIpc) is 3.62. The largest absolute Gasteiger partial charge is 0.454 e. The van der Waals surface area contributed by atoms with E-state index in [0.717, 1.165) is 33.6 Å². The number of benzene rings is 2. The maximum absolute atomic E-state index is 13.4. The molecule has 1 N–H and O–H groups in total. The Balaban J connectivity index is 1.17. The van der Waals surface area contributed by atoms with E-state index >= 15 is 0 Å². The van der Waals surface area contributed by atoms with E-state index in [9.17, 15) is 18.0 Å². The molecule has 4 aromatic rings. The Morgan fingerprint density at radius 2 is 1.65 bits per heavy atom. The average molecular weight is 566 g/mol. The lowest BCUT2D eigenvalue weighted by Gasteiger charge is -2.34. The van der Waals surface area contributed by atoms with Crippen molar-refractivity contribution < 1.29 is 17.9 Å². The summed E-state index contributed by atoms with van der Waals surface area (Å²) in [5.41, 5.74) is 2.60. The number of fused-ring (bicyclic) bond motifs is 2. The molecule has 2 aliphatic rings. The fraction of sp³-hybridized carbons (Fsp3) is 0.357. The molecule has 0 spiro atoms. The summed E-state index contributed by atoms with van der Waals surface area (Å²) in [4.78, 5) is 30.9. The maximum atomic E-state index is 13.4. The van der Waals surface area contributed by atoms with Gasteiger partial charge in [-0.1, -0.05) is 25.1 Å². The number of nitrogens with one attached hydrogen (secondary N) is 1. The minimum Gasteiger partial charge on any atom is -0.454 e. The van der Waals surface area contributed by atoms with Crippen LogP contribution in [0.1, 0.15) is 18.9 Å². The fourth-order valence-corrected chi connectivity index (χ4v) is 6.76. The van der Waals surface area contributed by atoms with Crippen molar-refractivity contribution in [2.45, 2.75) is 31.3 Å². The van der Waals surface area contributed by atoms with Crippen LogP contribution in [0.2, 0.25) is 0 Å². The zero-order chi connectivity index (χ0) is 28.0. The molecule has 1 fully saturated rings.